The minimum atomic E-state index is 0.112. The maximum Gasteiger partial charge on any atom is 0.256 e. The van der Waals surface area contributed by atoms with E-state index < -0.39 is 0 Å². The SMILES string of the molecule is CC(C)CN(C(=O)c1cccnc1Br)C1CCCC1. The Morgan fingerprint density at radius 3 is 2.74 bits per heavy atom. The molecule has 1 aromatic heterocycles. The molecule has 0 saturated heterocycles. The average Bonchev–Trinajstić information content (AvgIpc) is 2.89. The van der Waals surface area contributed by atoms with Gasteiger partial charge in [0.2, 0.25) is 0 Å². The van der Waals surface area contributed by atoms with Gasteiger partial charge in [-0.25, -0.2) is 4.98 Å². The molecule has 2 rings (SSSR count). The number of aromatic nitrogens is 1. The Kier molecular flexibility index (Phi) is 4.97. The van der Waals surface area contributed by atoms with Crippen molar-refractivity contribution in [3.8, 4) is 0 Å². The lowest BCUT2D eigenvalue weighted by atomic mass is 10.1. The number of nitrogens with zero attached hydrogens (tertiary/aromatic N) is 2. The quantitative estimate of drug-likeness (QED) is 0.787. The topological polar surface area (TPSA) is 33.2 Å². The zero-order valence-corrected chi connectivity index (χ0v) is 13.2. The van der Waals surface area contributed by atoms with Crippen LogP contribution in [0.25, 0.3) is 0 Å². The highest BCUT2D eigenvalue weighted by molar-refractivity contribution is 9.10. The summed E-state index contributed by atoms with van der Waals surface area (Å²) in [4.78, 5) is 19.0. The molecule has 0 N–H and O–H groups in total. The molecule has 1 fully saturated rings. The first-order chi connectivity index (χ1) is 9.09. The second-order valence-electron chi connectivity index (χ2n) is 5.63. The first-order valence-corrected chi connectivity index (χ1v) is 7.80. The first-order valence-electron chi connectivity index (χ1n) is 7.01. The van der Waals surface area contributed by atoms with Crippen LogP contribution in [0.15, 0.2) is 22.9 Å². The van der Waals surface area contributed by atoms with Gasteiger partial charge in [0.25, 0.3) is 5.91 Å². The van der Waals surface area contributed by atoms with E-state index in [1.54, 1.807) is 6.20 Å². The molecule has 0 atom stereocenters. The first kappa shape index (κ1) is 14.5. The molecule has 104 valence electrons. The van der Waals surface area contributed by atoms with E-state index in [9.17, 15) is 4.79 Å². The third kappa shape index (κ3) is 3.56. The summed E-state index contributed by atoms with van der Waals surface area (Å²) < 4.78 is 0.645. The molecule has 4 heteroatoms. The molecule has 1 aliphatic carbocycles. The predicted molar refractivity (Wildman–Crippen MR) is 80.1 cm³/mol. The Morgan fingerprint density at radius 1 is 1.47 bits per heavy atom. The summed E-state index contributed by atoms with van der Waals surface area (Å²) in [6.45, 7) is 5.14. The van der Waals surface area contributed by atoms with Gasteiger partial charge in [0.1, 0.15) is 4.60 Å². The summed E-state index contributed by atoms with van der Waals surface area (Å²) in [5, 5.41) is 0. The van der Waals surface area contributed by atoms with Gasteiger partial charge in [0.05, 0.1) is 5.56 Å². The van der Waals surface area contributed by atoms with Crippen LogP contribution in [-0.4, -0.2) is 28.4 Å². The minimum Gasteiger partial charge on any atom is -0.335 e. The third-order valence-corrected chi connectivity index (χ3v) is 4.21. The molecule has 1 amide bonds. The van der Waals surface area contributed by atoms with Crippen LogP contribution in [0.5, 0.6) is 0 Å². The Hall–Kier alpha value is -0.900. The lowest BCUT2D eigenvalue weighted by molar-refractivity contribution is 0.0654. The minimum absolute atomic E-state index is 0.112. The van der Waals surface area contributed by atoms with Crippen LogP contribution < -0.4 is 0 Å². The maximum atomic E-state index is 12.7. The van der Waals surface area contributed by atoms with Crippen molar-refractivity contribution in [3.63, 3.8) is 0 Å². The number of hydrogen-bond acceptors (Lipinski definition) is 2. The fourth-order valence-electron chi connectivity index (χ4n) is 2.71. The molecule has 3 nitrogen and oxygen atoms in total. The number of rotatable bonds is 4. The third-order valence-electron chi connectivity index (χ3n) is 3.58. The van der Waals surface area contributed by atoms with E-state index in [1.807, 2.05) is 12.1 Å². The number of pyridine rings is 1. The lowest BCUT2D eigenvalue weighted by Gasteiger charge is -2.31. The number of halogens is 1. The van der Waals surface area contributed by atoms with Crippen LogP contribution in [-0.2, 0) is 0 Å². The van der Waals surface area contributed by atoms with Crippen molar-refractivity contribution in [2.24, 2.45) is 5.92 Å². The van der Waals surface area contributed by atoms with Crippen LogP contribution in [0.2, 0.25) is 0 Å². The molecule has 19 heavy (non-hydrogen) atoms. The molecular formula is C15H21BrN2O. The molecule has 1 saturated carbocycles. The summed E-state index contributed by atoms with van der Waals surface area (Å²) in [6.07, 6.45) is 6.44. The van der Waals surface area contributed by atoms with Crippen molar-refractivity contribution in [1.29, 1.82) is 0 Å². The van der Waals surface area contributed by atoms with Gasteiger partial charge in [0, 0.05) is 18.8 Å². The molecule has 0 aromatic carbocycles. The molecule has 1 aliphatic rings. The molecule has 0 aliphatic heterocycles. The largest absolute Gasteiger partial charge is 0.335 e. The van der Waals surface area contributed by atoms with Crippen molar-refractivity contribution in [2.75, 3.05) is 6.54 Å². The summed E-state index contributed by atoms with van der Waals surface area (Å²) >= 11 is 3.38. The molecule has 0 unspecified atom stereocenters. The molecule has 1 aromatic rings. The normalized spacial score (nSPS) is 16.0. The summed E-state index contributed by atoms with van der Waals surface area (Å²) in [6, 6.07) is 4.07. The number of carbonyl (C=O) groups is 1. The molecule has 0 radical (unpaired) electrons. The molecular weight excluding hydrogens is 304 g/mol. The van der Waals surface area contributed by atoms with E-state index in [1.165, 1.54) is 12.8 Å². The highest BCUT2D eigenvalue weighted by atomic mass is 79.9. The molecule has 1 heterocycles. The molecule has 0 bridgehead atoms. The van der Waals surface area contributed by atoms with Crippen LogP contribution in [0.4, 0.5) is 0 Å². The maximum absolute atomic E-state index is 12.7. The van der Waals surface area contributed by atoms with Crippen molar-refractivity contribution in [1.82, 2.24) is 9.88 Å². The van der Waals surface area contributed by atoms with Crippen molar-refractivity contribution < 1.29 is 4.79 Å². The van der Waals surface area contributed by atoms with Gasteiger partial charge in [-0.1, -0.05) is 26.7 Å². The van der Waals surface area contributed by atoms with Gasteiger partial charge in [-0.2, -0.15) is 0 Å². The second-order valence-corrected chi connectivity index (χ2v) is 6.38. The van der Waals surface area contributed by atoms with Crippen LogP contribution >= 0.6 is 15.9 Å². The van der Waals surface area contributed by atoms with E-state index in [-0.39, 0.29) is 5.91 Å². The summed E-state index contributed by atoms with van der Waals surface area (Å²) in [7, 11) is 0. The van der Waals surface area contributed by atoms with Crippen molar-refractivity contribution in [3.05, 3.63) is 28.5 Å². The fraction of sp³-hybridized carbons (Fsp3) is 0.600. The van der Waals surface area contributed by atoms with Gasteiger partial charge in [0.15, 0.2) is 0 Å². The van der Waals surface area contributed by atoms with Gasteiger partial charge in [-0.05, 0) is 46.8 Å². The fourth-order valence-corrected chi connectivity index (χ4v) is 3.13. The smallest absolute Gasteiger partial charge is 0.256 e. The monoisotopic (exact) mass is 324 g/mol. The zero-order chi connectivity index (χ0) is 13.8. The van der Waals surface area contributed by atoms with E-state index in [0.29, 0.717) is 22.1 Å². The van der Waals surface area contributed by atoms with Gasteiger partial charge >= 0.3 is 0 Å². The number of carbonyl (C=O) groups excluding carboxylic acids is 1. The number of hydrogen-bond donors (Lipinski definition) is 0. The Labute approximate surface area is 123 Å². The van der Waals surface area contributed by atoms with Crippen molar-refractivity contribution >= 4 is 21.8 Å². The Morgan fingerprint density at radius 2 is 2.16 bits per heavy atom. The van der Waals surface area contributed by atoms with Crippen LogP contribution in [0, 0.1) is 5.92 Å². The van der Waals surface area contributed by atoms with Gasteiger partial charge in [-0.15, -0.1) is 0 Å². The number of amides is 1. The highest BCUT2D eigenvalue weighted by Gasteiger charge is 2.28. The van der Waals surface area contributed by atoms with Crippen LogP contribution in [0.1, 0.15) is 49.9 Å². The second kappa shape index (κ2) is 6.51. The van der Waals surface area contributed by atoms with E-state index >= 15 is 0 Å². The zero-order valence-electron chi connectivity index (χ0n) is 11.6. The predicted octanol–water partition coefficient (Wildman–Crippen LogP) is 3.88. The average molecular weight is 325 g/mol. The lowest BCUT2D eigenvalue weighted by Crippen LogP contribution is -2.41. The highest BCUT2D eigenvalue weighted by Crippen LogP contribution is 2.27. The summed E-state index contributed by atoms with van der Waals surface area (Å²) in [5.41, 5.74) is 0.676. The van der Waals surface area contributed by atoms with E-state index in [2.05, 4.69) is 39.7 Å². The Bertz CT molecular complexity index is 442. The van der Waals surface area contributed by atoms with E-state index in [4.69, 9.17) is 0 Å². The van der Waals surface area contributed by atoms with E-state index in [0.717, 1.165) is 19.4 Å². The Balaban J connectivity index is 2.22. The summed E-state index contributed by atoms with van der Waals surface area (Å²) in [5.74, 6) is 0.598. The standard InChI is InChI=1S/C15H21BrN2O/c1-11(2)10-18(12-6-3-4-7-12)15(19)13-8-5-9-17-14(13)16/h5,8-9,11-12H,3-4,6-7,10H2,1-2H3. The van der Waals surface area contributed by atoms with Crippen molar-refractivity contribution in [2.45, 2.75) is 45.6 Å². The van der Waals surface area contributed by atoms with Gasteiger partial charge < -0.3 is 4.90 Å². The molecule has 0 spiro atoms. The van der Waals surface area contributed by atoms with Gasteiger partial charge in [-0.3, -0.25) is 4.79 Å². The van der Waals surface area contributed by atoms with Crippen LogP contribution in [0.3, 0.4) is 0 Å².